The molecule has 0 unspecified atom stereocenters. The van der Waals surface area contributed by atoms with Gasteiger partial charge in [-0.2, -0.15) is 16.1 Å². The fourth-order valence-electron chi connectivity index (χ4n) is 3.79. The van der Waals surface area contributed by atoms with E-state index in [9.17, 15) is 18.3 Å². The maximum absolute atomic E-state index is 12.4. The topological polar surface area (TPSA) is 74.7 Å². The van der Waals surface area contributed by atoms with Crippen molar-refractivity contribution < 1.29 is 18.3 Å². The van der Waals surface area contributed by atoms with Crippen LogP contribution in [0.3, 0.4) is 0 Å². The molecule has 156 valence electrons. The van der Waals surface area contributed by atoms with Crippen molar-refractivity contribution in [3.8, 4) is 0 Å². The first-order chi connectivity index (χ1) is 13.8. The predicted molar refractivity (Wildman–Crippen MR) is 118 cm³/mol. The van der Waals surface area contributed by atoms with Crippen molar-refractivity contribution in [1.29, 1.82) is 0 Å². The summed E-state index contributed by atoms with van der Waals surface area (Å²) < 4.78 is 26.2. The molecule has 0 amide bonds. The molecular formula is C22H27NO4S2. The zero-order chi connectivity index (χ0) is 21.0. The van der Waals surface area contributed by atoms with Crippen molar-refractivity contribution in [2.24, 2.45) is 5.92 Å². The third-order valence-electron chi connectivity index (χ3n) is 5.40. The van der Waals surface area contributed by atoms with Crippen LogP contribution in [0, 0.1) is 12.8 Å². The number of sulfonamides is 1. The van der Waals surface area contributed by atoms with Gasteiger partial charge in [0.1, 0.15) is 0 Å². The number of carboxylic acid groups (broad SMARTS) is 1. The highest BCUT2D eigenvalue weighted by atomic mass is 32.2. The first-order valence-electron chi connectivity index (χ1n) is 9.67. The average molecular weight is 434 g/mol. The van der Waals surface area contributed by atoms with Gasteiger partial charge >= 0.3 is 5.97 Å². The number of carbonyl (C=O) groups is 1. The number of carboxylic acids is 1. The van der Waals surface area contributed by atoms with E-state index in [-0.39, 0.29) is 17.8 Å². The Kier molecular flexibility index (Phi) is 7.03. The summed E-state index contributed by atoms with van der Waals surface area (Å²) in [6.07, 6.45) is 2.52. The quantitative estimate of drug-likeness (QED) is 0.720. The molecular weight excluding hydrogens is 406 g/mol. The van der Waals surface area contributed by atoms with Gasteiger partial charge in [0.2, 0.25) is 10.0 Å². The van der Waals surface area contributed by atoms with E-state index >= 15 is 0 Å². The van der Waals surface area contributed by atoms with Gasteiger partial charge in [0.15, 0.2) is 0 Å². The van der Waals surface area contributed by atoms with Gasteiger partial charge in [0.25, 0.3) is 0 Å². The van der Waals surface area contributed by atoms with Crippen LogP contribution in [0.15, 0.2) is 54.6 Å². The van der Waals surface area contributed by atoms with E-state index < -0.39 is 21.9 Å². The van der Waals surface area contributed by atoms with Crippen molar-refractivity contribution in [3.05, 3.63) is 71.3 Å². The molecule has 3 rings (SSSR count). The normalized spacial score (nSPS) is 23.0. The number of benzene rings is 2. The van der Waals surface area contributed by atoms with E-state index in [1.54, 1.807) is 11.8 Å². The Hall–Kier alpha value is -1.83. The molecule has 1 aliphatic heterocycles. The van der Waals surface area contributed by atoms with Crippen LogP contribution in [0.5, 0.6) is 0 Å². The molecule has 1 heterocycles. The van der Waals surface area contributed by atoms with Gasteiger partial charge in [-0.1, -0.05) is 60.2 Å². The van der Waals surface area contributed by atoms with Crippen molar-refractivity contribution in [2.75, 3.05) is 18.6 Å². The van der Waals surface area contributed by atoms with Gasteiger partial charge < -0.3 is 5.11 Å². The Morgan fingerprint density at radius 1 is 1.14 bits per heavy atom. The fourth-order valence-corrected chi connectivity index (χ4v) is 6.30. The van der Waals surface area contributed by atoms with Crippen LogP contribution >= 0.6 is 11.8 Å². The minimum absolute atomic E-state index is 0.00964. The fraction of sp³-hybridized carbons (Fsp3) is 0.409. The second-order valence-electron chi connectivity index (χ2n) is 7.58. The van der Waals surface area contributed by atoms with E-state index in [1.165, 1.54) is 9.87 Å². The lowest BCUT2D eigenvalue weighted by Crippen LogP contribution is -2.49. The van der Waals surface area contributed by atoms with Gasteiger partial charge in [0.05, 0.1) is 18.2 Å². The van der Waals surface area contributed by atoms with Crippen molar-refractivity contribution in [2.45, 2.75) is 31.1 Å². The molecule has 0 radical (unpaired) electrons. The molecule has 5 nitrogen and oxygen atoms in total. The zero-order valence-electron chi connectivity index (χ0n) is 16.7. The van der Waals surface area contributed by atoms with Crippen LogP contribution in [0.4, 0.5) is 0 Å². The molecule has 0 aromatic heterocycles. The Morgan fingerprint density at radius 2 is 1.79 bits per heavy atom. The smallest absolute Gasteiger partial charge is 0.308 e. The van der Waals surface area contributed by atoms with Gasteiger partial charge in [-0.25, -0.2) is 8.42 Å². The van der Waals surface area contributed by atoms with E-state index in [0.29, 0.717) is 6.42 Å². The Morgan fingerprint density at radius 3 is 2.38 bits per heavy atom. The molecule has 2 aromatic rings. The number of aryl methyl sites for hydroxylation is 2. The third kappa shape index (κ3) is 5.62. The molecule has 0 spiro atoms. The monoisotopic (exact) mass is 433 g/mol. The van der Waals surface area contributed by atoms with Crippen LogP contribution in [-0.2, 0) is 21.2 Å². The van der Waals surface area contributed by atoms with Gasteiger partial charge in [-0.15, -0.1) is 0 Å². The molecule has 1 N–H and O–H groups in total. The van der Waals surface area contributed by atoms with Gasteiger partial charge in [-0.05, 0) is 36.6 Å². The number of hydrogen-bond donors (Lipinski definition) is 1. The summed E-state index contributed by atoms with van der Waals surface area (Å²) >= 11 is 1.64. The summed E-state index contributed by atoms with van der Waals surface area (Å²) in [6, 6.07) is 17.6. The summed E-state index contributed by atoms with van der Waals surface area (Å²) in [4.78, 5) is 11.9. The lowest BCUT2D eigenvalue weighted by atomic mass is 9.90. The summed E-state index contributed by atoms with van der Waals surface area (Å²) in [5.41, 5.74) is 3.24. The molecule has 2 aromatic carbocycles. The first-order valence-corrected chi connectivity index (χ1v) is 12.6. The molecule has 7 heteroatoms. The summed E-state index contributed by atoms with van der Waals surface area (Å²) in [6.45, 7) is 2.00. The van der Waals surface area contributed by atoms with Crippen molar-refractivity contribution in [1.82, 2.24) is 4.31 Å². The summed E-state index contributed by atoms with van der Waals surface area (Å²) in [5, 5.41) is 9.63. The SMILES string of the molecule is Cc1ccc([C@@H]2C[C@@H](SCCc3ccccc3)[C@H](C(=O)O)CN2S(C)(=O)=O)cc1. The molecule has 29 heavy (non-hydrogen) atoms. The number of nitrogens with zero attached hydrogens (tertiary/aromatic N) is 1. The van der Waals surface area contributed by atoms with Gasteiger partial charge in [0, 0.05) is 11.8 Å². The highest BCUT2D eigenvalue weighted by Gasteiger charge is 2.43. The van der Waals surface area contributed by atoms with Crippen LogP contribution in [0.1, 0.15) is 29.2 Å². The molecule has 0 bridgehead atoms. The third-order valence-corrected chi connectivity index (χ3v) is 8.04. The Labute approximate surface area is 177 Å². The highest BCUT2D eigenvalue weighted by molar-refractivity contribution is 7.99. The maximum Gasteiger partial charge on any atom is 0.308 e. The highest BCUT2D eigenvalue weighted by Crippen LogP contribution is 2.40. The van der Waals surface area contributed by atoms with Crippen molar-refractivity contribution >= 4 is 27.8 Å². The minimum atomic E-state index is -3.53. The molecule has 0 saturated carbocycles. The lowest BCUT2D eigenvalue weighted by molar-refractivity contribution is -0.143. The predicted octanol–water partition coefficient (Wildman–Crippen LogP) is 3.75. The van der Waals surface area contributed by atoms with Crippen LogP contribution in [0.25, 0.3) is 0 Å². The second-order valence-corrected chi connectivity index (χ2v) is 10.9. The number of aliphatic carboxylic acids is 1. The largest absolute Gasteiger partial charge is 0.481 e. The summed E-state index contributed by atoms with van der Waals surface area (Å²) in [5.74, 6) is -0.844. The average Bonchev–Trinajstić information content (AvgIpc) is 2.68. The Balaban J connectivity index is 1.81. The maximum atomic E-state index is 12.4. The second kappa shape index (κ2) is 9.32. The lowest BCUT2D eigenvalue weighted by Gasteiger charge is -2.41. The van der Waals surface area contributed by atoms with E-state index in [1.807, 2.05) is 49.4 Å². The van der Waals surface area contributed by atoms with Gasteiger partial charge in [-0.3, -0.25) is 4.79 Å². The number of thioether (sulfide) groups is 1. The standard InChI is InChI=1S/C22H27NO4S2/c1-16-8-10-18(11-9-16)20-14-21(28-13-12-17-6-4-3-5-7-17)19(22(24)25)15-23(20)29(2,26)27/h3-11,19-21H,12-15H2,1-2H3,(H,24,25)/t19-,20+,21-/m1/s1. The van der Waals surface area contributed by atoms with E-state index in [2.05, 4.69) is 12.1 Å². The van der Waals surface area contributed by atoms with Crippen molar-refractivity contribution in [3.63, 3.8) is 0 Å². The molecule has 1 aliphatic rings. The first kappa shape index (κ1) is 21.9. The number of hydrogen-bond acceptors (Lipinski definition) is 4. The summed E-state index contributed by atoms with van der Waals surface area (Å²) in [7, 11) is -3.53. The van der Waals surface area contributed by atoms with Crippen LogP contribution < -0.4 is 0 Å². The minimum Gasteiger partial charge on any atom is -0.481 e. The number of piperidine rings is 1. The van der Waals surface area contributed by atoms with Crippen LogP contribution in [-0.4, -0.2) is 47.6 Å². The zero-order valence-corrected chi connectivity index (χ0v) is 18.3. The van der Waals surface area contributed by atoms with E-state index in [0.717, 1.165) is 29.6 Å². The molecule has 0 aliphatic carbocycles. The molecule has 3 atom stereocenters. The van der Waals surface area contributed by atoms with Crippen LogP contribution in [0.2, 0.25) is 0 Å². The Bertz CT molecular complexity index is 929. The molecule has 1 fully saturated rings. The molecule has 1 saturated heterocycles. The number of rotatable bonds is 7. The van der Waals surface area contributed by atoms with E-state index in [4.69, 9.17) is 0 Å².